The van der Waals surface area contributed by atoms with Crippen LogP contribution in [0.15, 0.2) is 60.7 Å². The molecule has 0 amide bonds. The number of rotatable bonds is 6. The van der Waals surface area contributed by atoms with Crippen LogP contribution in [0.4, 0.5) is 0 Å². The van der Waals surface area contributed by atoms with E-state index in [1.165, 1.54) is 0 Å². The van der Waals surface area contributed by atoms with E-state index in [9.17, 15) is 4.79 Å². The van der Waals surface area contributed by atoms with Gasteiger partial charge in [-0.25, -0.2) is 0 Å². The second-order valence-corrected chi connectivity index (χ2v) is 9.00. The Hall–Kier alpha value is -1.22. The Bertz CT molecular complexity index is 679. The zero-order chi connectivity index (χ0) is 18.5. The van der Waals surface area contributed by atoms with Crippen LogP contribution < -0.4 is 0 Å². The maximum absolute atomic E-state index is 12.7. The van der Waals surface area contributed by atoms with E-state index in [1.54, 1.807) is 0 Å². The van der Waals surface area contributed by atoms with Gasteiger partial charge in [-0.15, -0.1) is 0 Å². The van der Waals surface area contributed by atoms with Gasteiger partial charge in [0.05, 0.1) is 0 Å². The Balaban J connectivity index is 2.10. The zero-order valence-electron chi connectivity index (χ0n) is 14.2. The standard InChI is InChI=1S/C20H21Cl3O2/c1-19(2,14-16-11-7-4-8-12-16)25-18(24)17(20(21,22)23)13-15-9-5-3-6-10-15/h3-12,17H,13-14H2,1-2H3. The lowest BCUT2D eigenvalue weighted by Crippen LogP contribution is -2.38. The summed E-state index contributed by atoms with van der Waals surface area (Å²) in [5.41, 5.74) is 1.29. The molecule has 134 valence electrons. The highest BCUT2D eigenvalue weighted by atomic mass is 35.6. The van der Waals surface area contributed by atoms with Crippen molar-refractivity contribution in [3.8, 4) is 0 Å². The molecule has 0 radical (unpaired) electrons. The van der Waals surface area contributed by atoms with Gasteiger partial charge in [0.2, 0.25) is 3.79 Å². The molecule has 0 aliphatic rings. The number of esters is 1. The first kappa shape index (κ1) is 20.1. The first-order valence-corrected chi connectivity index (χ1v) is 9.18. The monoisotopic (exact) mass is 398 g/mol. The van der Waals surface area contributed by atoms with E-state index in [-0.39, 0.29) is 0 Å². The molecule has 2 rings (SSSR count). The van der Waals surface area contributed by atoms with E-state index in [4.69, 9.17) is 39.5 Å². The van der Waals surface area contributed by atoms with Crippen molar-refractivity contribution in [2.45, 2.75) is 36.1 Å². The first-order chi connectivity index (χ1) is 11.7. The molecule has 0 fully saturated rings. The normalized spacial score (nSPS) is 13.3. The van der Waals surface area contributed by atoms with E-state index in [1.807, 2.05) is 74.5 Å². The van der Waals surface area contributed by atoms with Crippen LogP contribution in [0.25, 0.3) is 0 Å². The molecule has 0 saturated carbocycles. The fourth-order valence-corrected chi connectivity index (χ4v) is 3.15. The maximum atomic E-state index is 12.7. The minimum Gasteiger partial charge on any atom is -0.459 e. The smallest absolute Gasteiger partial charge is 0.314 e. The topological polar surface area (TPSA) is 26.3 Å². The number of benzene rings is 2. The molecule has 0 saturated heterocycles. The molecule has 5 heteroatoms. The van der Waals surface area contributed by atoms with Crippen molar-refractivity contribution in [1.29, 1.82) is 0 Å². The molecule has 0 aromatic heterocycles. The fraction of sp³-hybridized carbons (Fsp3) is 0.350. The Morgan fingerprint density at radius 3 is 1.88 bits per heavy atom. The summed E-state index contributed by atoms with van der Waals surface area (Å²) in [4.78, 5) is 12.7. The minimum absolute atomic E-state index is 0.303. The van der Waals surface area contributed by atoms with Crippen LogP contribution in [0.2, 0.25) is 0 Å². The molecule has 2 aromatic rings. The van der Waals surface area contributed by atoms with Gasteiger partial charge >= 0.3 is 5.97 Å². The van der Waals surface area contributed by atoms with Crippen molar-refractivity contribution in [3.63, 3.8) is 0 Å². The SMILES string of the molecule is CC(C)(Cc1ccccc1)OC(=O)C(Cc1ccccc1)C(Cl)(Cl)Cl. The van der Waals surface area contributed by atoms with E-state index < -0.39 is 21.3 Å². The molecule has 2 nitrogen and oxygen atoms in total. The number of hydrogen-bond acceptors (Lipinski definition) is 2. The van der Waals surface area contributed by atoms with Crippen LogP contribution in [0.5, 0.6) is 0 Å². The first-order valence-electron chi connectivity index (χ1n) is 8.05. The van der Waals surface area contributed by atoms with Crippen LogP contribution in [-0.4, -0.2) is 15.4 Å². The molecule has 0 bridgehead atoms. The molecule has 0 aliphatic heterocycles. The summed E-state index contributed by atoms with van der Waals surface area (Å²) in [6.07, 6.45) is 0.884. The summed E-state index contributed by atoms with van der Waals surface area (Å²) in [5.74, 6) is -1.39. The molecule has 0 aliphatic carbocycles. The van der Waals surface area contributed by atoms with E-state index in [2.05, 4.69) is 0 Å². The van der Waals surface area contributed by atoms with Gasteiger partial charge in [0, 0.05) is 6.42 Å². The highest BCUT2D eigenvalue weighted by molar-refractivity contribution is 6.68. The molecule has 0 N–H and O–H groups in total. The summed E-state index contributed by atoms with van der Waals surface area (Å²) >= 11 is 18.2. The molecule has 25 heavy (non-hydrogen) atoms. The van der Waals surface area contributed by atoms with Crippen LogP contribution in [-0.2, 0) is 22.4 Å². The van der Waals surface area contributed by atoms with Crippen molar-refractivity contribution in [1.82, 2.24) is 0 Å². The van der Waals surface area contributed by atoms with Crippen molar-refractivity contribution < 1.29 is 9.53 Å². The largest absolute Gasteiger partial charge is 0.459 e. The fourth-order valence-electron chi connectivity index (χ4n) is 2.65. The van der Waals surface area contributed by atoms with Gasteiger partial charge in [0.15, 0.2) is 0 Å². The second-order valence-electron chi connectivity index (χ2n) is 6.63. The molecule has 1 unspecified atom stereocenters. The molecule has 0 heterocycles. The number of halogens is 3. The summed E-state index contributed by atoms with van der Waals surface area (Å²) in [6.45, 7) is 3.71. The number of hydrogen-bond donors (Lipinski definition) is 0. The second kappa shape index (κ2) is 8.44. The average molecular weight is 400 g/mol. The molecule has 0 spiro atoms. The molecular formula is C20H21Cl3O2. The highest BCUT2D eigenvalue weighted by Crippen LogP contribution is 2.38. The number of alkyl halides is 3. The van der Waals surface area contributed by atoms with Crippen LogP contribution in [0.3, 0.4) is 0 Å². The molecular weight excluding hydrogens is 379 g/mol. The van der Waals surface area contributed by atoms with E-state index in [0.29, 0.717) is 12.8 Å². The average Bonchev–Trinajstić information content (AvgIpc) is 2.52. The predicted octanol–water partition coefficient (Wildman–Crippen LogP) is 5.78. The summed E-state index contributed by atoms with van der Waals surface area (Å²) in [5, 5.41) is 0. The quantitative estimate of drug-likeness (QED) is 0.454. The third kappa shape index (κ3) is 6.54. The van der Waals surface area contributed by atoms with Crippen molar-refractivity contribution in [2.24, 2.45) is 5.92 Å². The van der Waals surface area contributed by atoms with Gasteiger partial charge in [-0.05, 0) is 31.4 Å². The Labute approximate surface area is 164 Å². The van der Waals surface area contributed by atoms with Crippen LogP contribution >= 0.6 is 34.8 Å². The van der Waals surface area contributed by atoms with Gasteiger partial charge in [0.1, 0.15) is 11.5 Å². The Kier molecular flexibility index (Phi) is 6.79. The number of carbonyl (C=O) groups is 1. The Morgan fingerprint density at radius 1 is 0.920 bits per heavy atom. The predicted molar refractivity (Wildman–Crippen MR) is 104 cm³/mol. The van der Waals surface area contributed by atoms with Gasteiger partial charge < -0.3 is 4.74 Å². The number of carbonyl (C=O) groups excluding carboxylic acids is 1. The summed E-state index contributed by atoms with van der Waals surface area (Å²) < 4.78 is 3.97. The summed E-state index contributed by atoms with van der Waals surface area (Å²) in [7, 11) is 0. The maximum Gasteiger partial charge on any atom is 0.314 e. The van der Waals surface area contributed by atoms with Crippen molar-refractivity contribution in [2.75, 3.05) is 0 Å². The van der Waals surface area contributed by atoms with Crippen LogP contribution in [0.1, 0.15) is 25.0 Å². The lowest BCUT2D eigenvalue weighted by Gasteiger charge is -2.30. The van der Waals surface area contributed by atoms with Crippen molar-refractivity contribution in [3.05, 3.63) is 71.8 Å². The Morgan fingerprint density at radius 2 is 1.40 bits per heavy atom. The van der Waals surface area contributed by atoms with Crippen molar-refractivity contribution >= 4 is 40.8 Å². The van der Waals surface area contributed by atoms with Gasteiger partial charge in [-0.1, -0.05) is 95.5 Å². The zero-order valence-corrected chi connectivity index (χ0v) is 16.5. The lowest BCUT2D eigenvalue weighted by molar-refractivity contribution is -0.161. The highest BCUT2D eigenvalue weighted by Gasteiger charge is 2.41. The van der Waals surface area contributed by atoms with E-state index >= 15 is 0 Å². The lowest BCUT2D eigenvalue weighted by atomic mass is 9.97. The van der Waals surface area contributed by atoms with Crippen LogP contribution in [0, 0.1) is 5.92 Å². The molecule has 1 atom stereocenters. The molecule has 2 aromatic carbocycles. The van der Waals surface area contributed by atoms with Gasteiger partial charge in [-0.2, -0.15) is 0 Å². The third-order valence-electron chi connectivity index (χ3n) is 3.81. The number of ether oxygens (including phenoxy) is 1. The summed E-state index contributed by atoms with van der Waals surface area (Å²) in [6, 6.07) is 19.3. The minimum atomic E-state index is -1.74. The van der Waals surface area contributed by atoms with Gasteiger partial charge in [0.25, 0.3) is 0 Å². The van der Waals surface area contributed by atoms with E-state index in [0.717, 1.165) is 11.1 Å². The van der Waals surface area contributed by atoms with Gasteiger partial charge in [-0.3, -0.25) is 4.79 Å². The third-order valence-corrected chi connectivity index (χ3v) is 4.60.